The lowest BCUT2D eigenvalue weighted by atomic mass is 9.50. The Hall–Kier alpha value is -2.47. The maximum atomic E-state index is 12.4. The van der Waals surface area contributed by atoms with Gasteiger partial charge in [0.25, 0.3) is 5.91 Å². The number of thiazole rings is 1. The van der Waals surface area contributed by atoms with Crippen LogP contribution in [0.1, 0.15) is 52.5 Å². The Kier molecular flexibility index (Phi) is 4.12. The molecule has 1 spiro atoms. The molecule has 1 amide bonds. The summed E-state index contributed by atoms with van der Waals surface area (Å²) >= 11 is 1.84. The number of rotatable bonds is 4. The summed E-state index contributed by atoms with van der Waals surface area (Å²) < 4.78 is 6.38. The van der Waals surface area contributed by atoms with Gasteiger partial charge in [0.1, 0.15) is 0 Å². The van der Waals surface area contributed by atoms with Crippen LogP contribution >= 0.6 is 11.3 Å². The SMILES string of the molecule is COc1cc(C(=O)NC2CC3(C2)CC(c2nc4cc(C)ccc4s2)C3)ccn1. The summed E-state index contributed by atoms with van der Waals surface area (Å²) in [6.45, 7) is 2.11. The summed E-state index contributed by atoms with van der Waals surface area (Å²) in [5.41, 5.74) is 3.40. The highest BCUT2D eigenvalue weighted by atomic mass is 32.1. The molecule has 2 heterocycles. The molecular weight excluding hydrogens is 370 g/mol. The van der Waals surface area contributed by atoms with Gasteiger partial charge in [-0.15, -0.1) is 11.3 Å². The number of methoxy groups -OCH3 is 1. The van der Waals surface area contributed by atoms with Crippen LogP contribution in [0.4, 0.5) is 0 Å². The molecule has 0 radical (unpaired) electrons. The van der Waals surface area contributed by atoms with Crippen molar-refractivity contribution in [1.29, 1.82) is 0 Å². The van der Waals surface area contributed by atoms with Gasteiger partial charge in [0, 0.05) is 29.8 Å². The van der Waals surface area contributed by atoms with Crippen molar-refractivity contribution in [3.63, 3.8) is 0 Å². The van der Waals surface area contributed by atoms with Gasteiger partial charge in [0.2, 0.25) is 5.88 Å². The molecule has 1 N–H and O–H groups in total. The van der Waals surface area contributed by atoms with E-state index >= 15 is 0 Å². The van der Waals surface area contributed by atoms with Gasteiger partial charge in [0.05, 0.1) is 22.3 Å². The van der Waals surface area contributed by atoms with Gasteiger partial charge in [0.15, 0.2) is 0 Å². The van der Waals surface area contributed by atoms with Crippen LogP contribution in [0.15, 0.2) is 36.5 Å². The van der Waals surface area contributed by atoms with Gasteiger partial charge in [-0.05, 0) is 61.8 Å². The molecule has 5 nitrogen and oxygen atoms in total. The molecule has 0 unspecified atom stereocenters. The van der Waals surface area contributed by atoms with E-state index in [0.717, 1.165) is 18.4 Å². The second kappa shape index (κ2) is 6.55. The highest BCUT2D eigenvalue weighted by Gasteiger charge is 2.54. The molecule has 2 saturated carbocycles. The van der Waals surface area contributed by atoms with E-state index < -0.39 is 0 Å². The van der Waals surface area contributed by atoms with Crippen molar-refractivity contribution in [2.24, 2.45) is 5.41 Å². The fraction of sp³-hybridized carbons (Fsp3) is 0.409. The number of hydrogen-bond acceptors (Lipinski definition) is 5. The van der Waals surface area contributed by atoms with E-state index in [9.17, 15) is 4.79 Å². The number of benzene rings is 1. The molecule has 2 aliphatic rings. The summed E-state index contributed by atoms with van der Waals surface area (Å²) in [7, 11) is 1.55. The Labute approximate surface area is 168 Å². The number of aryl methyl sites for hydroxylation is 1. The third kappa shape index (κ3) is 3.05. The monoisotopic (exact) mass is 393 g/mol. The zero-order valence-electron chi connectivity index (χ0n) is 16.1. The maximum absolute atomic E-state index is 12.4. The fourth-order valence-electron chi connectivity index (χ4n) is 4.74. The smallest absolute Gasteiger partial charge is 0.251 e. The summed E-state index contributed by atoms with van der Waals surface area (Å²) in [4.78, 5) is 21.4. The van der Waals surface area contributed by atoms with Gasteiger partial charge < -0.3 is 10.1 Å². The summed E-state index contributed by atoms with van der Waals surface area (Å²) in [5.74, 6) is 1.00. The first-order chi connectivity index (χ1) is 13.5. The zero-order valence-corrected chi connectivity index (χ0v) is 16.9. The number of ether oxygens (including phenoxy) is 1. The lowest BCUT2D eigenvalue weighted by Gasteiger charge is -2.57. The molecule has 2 aromatic heterocycles. The highest BCUT2D eigenvalue weighted by Crippen LogP contribution is 2.62. The van der Waals surface area contributed by atoms with Crippen molar-refractivity contribution in [3.8, 4) is 5.88 Å². The minimum absolute atomic E-state index is 0.0435. The van der Waals surface area contributed by atoms with Gasteiger partial charge in [-0.3, -0.25) is 4.79 Å². The molecule has 1 aromatic carbocycles. The van der Waals surface area contributed by atoms with E-state index in [1.165, 1.54) is 28.1 Å². The van der Waals surface area contributed by atoms with Crippen molar-refractivity contribution in [1.82, 2.24) is 15.3 Å². The lowest BCUT2D eigenvalue weighted by Crippen LogP contribution is -2.55. The molecule has 0 saturated heterocycles. The molecule has 0 aliphatic heterocycles. The van der Waals surface area contributed by atoms with Crippen molar-refractivity contribution < 1.29 is 9.53 Å². The predicted octanol–water partition coefficient (Wildman–Crippen LogP) is 4.46. The largest absolute Gasteiger partial charge is 0.481 e. The average molecular weight is 394 g/mol. The fourth-order valence-corrected chi connectivity index (χ4v) is 5.79. The maximum Gasteiger partial charge on any atom is 0.251 e. The predicted molar refractivity (Wildman–Crippen MR) is 110 cm³/mol. The van der Waals surface area contributed by atoms with Crippen LogP contribution in [0, 0.1) is 12.3 Å². The summed E-state index contributed by atoms with van der Waals surface area (Å²) in [6, 6.07) is 10.2. The number of pyridine rings is 1. The van der Waals surface area contributed by atoms with Crippen LogP contribution in [0.2, 0.25) is 0 Å². The molecule has 5 rings (SSSR count). The molecule has 0 atom stereocenters. The number of hydrogen-bond donors (Lipinski definition) is 1. The van der Waals surface area contributed by atoms with Crippen molar-refractivity contribution in [2.75, 3.05) is 7.11 Å². The number of nitrogens with one attached hydrogen (secondary N) is 1. The van der Waals surface area contributed by atoms with E-state index in [4.69, 9.17) is 9.72 Å². The minimum atomic E-state index is -0.0435. The molecule has 2 fully saturated rings. The second-order valence-corrected chi connectivity index (χ2v) is 9.36. The Morgan fingerprint density at radius 1 is 1.21 bits per heavy atom. The molecule has 6 heteroatoms. The minimum Gasteiger partial charge on any atom is -0.481 e. The third-order valence-electron chi connectivity index (χ3n) is 6.17. The molecule has 28 heavy (non-hydrogen) atoms. The zero-order chi connectivity index (χ0) is 19.3. The number of carbonyl (C=O) groups is 1. The molecule has 2 aliphatic carbocycles. The number of amides is 1. The van der Waals surface area contributed by atoms with Gasteiger partial charge >= 0.3 is 0 Å². The van der Waals surface area contributed by atoms with Crippen LogP contribution in [0.3, 0.4) is 0 Å². The highest BCUT2D eigenvalue weighted by molar-refractivity contribution is 7.18. The normalized spacial score (nSPS) is 25.9. The van der Waals surface area contributed by atoms with Crippen LogP contribution in [-0.4, -0.2) is 29.0 Å². The van der Waals surface area contributed by atoms with Crippen LogP contribution in [-0.2, 0) is 0 Å². The van der Waals surface area contributed by atoms with Crippen LogP contribution < -0.4 is 10.1 Å². The number of fused-ring (bicyclic) bond motifs is 1. The molecule has 3 aromatic rings. The Bertz CT molecular complexity index is 1050. The van der Waals surface area contributed by atoms with Gasteiger partial charge in [-0.1, -0.05) is 6.07 Å². The van der Waals surface area contributed by atoms with E-state index in [1.54, 1.807) is 25.4 Å². The lowest BCUT2D eigenvalue weighted by molar-refractivity contribution is -0.0187. The first-order valence-corrected chi connectivity index (χ1v) is 10.5. The second-order valence-electron chi connectivity index (χ2n) is 8.29. The van der Waals surface area contributed by atoms with Crippen LogP contribution in [0.5, 0.6) is 5.88 Å². The van der Waals surface area contributed by atoms with Gasteiger partial charge in [-0.25, -0.2) is 9.97 Å². The van der Waals surface area contributed by atoms with E-state index in [0.29, 0.717) is 22.8 Å². The van der Waals surface area contributed by atoms with E-state index in [-0.39, 0.29) is 11.9 Å². The van der Waals surface area contributed by atoms with E-state index in [1.807, 2.05) is 11.3 Å². The number of nitrogens with zero attached hydrogens (tertiary/aromatic N) is 2. The van der Waals surface area contributed by atoms with E-state index in [2.05, 4.69) is 35.4 Å². The third-order valence-corrected chi connectivity index (χ3v) is 7.37. The quantitative estimate of drug-likeness (QED) is 0.711. The summed E-state index contributed by atoms with van der Waals surface area (Å²) in [6.07, 6.45) is 6.14. The Balaban J connectivity index is 1.17. The standard InChI is InChI=1S/C22H23N3O2S/c1-13-3-4-18-17(7-13)25-21(28-18)15-9-22(10-15)11-16(12-22)24-20(26)14-5-6-23-19(8-14)27-2/h3-8,15-16H,9-12H2,1-2H3,(H,24,26). The summed E-state index contributed by atoms with van der Waals surface area (Å²) in [5, 5.41) is 4.43. The average Bonchev–Trinajstić information content (AvgIpc) is 3.04. The topological polar surface area (TPSA) is 64.1 Å². The molecular formula is C22H23N3O2S. The van der Waals surface area contributed by atoms with Crippen molar-refractivity contribution >= 4 is 27.5 Å². The molecule has 0 bridgehead atoms. The molecule has 144 valence electrons. The van der Waals surface area contributed by atoms with Crippen molar-refractivity contribution in [3.05, 3.63) is 52.7 Å². The Morgan fingerprint density at radius 3 is 2.82 bits per heavy atom. The van der Waals surface area contributed by atoms with Gasteiger partial charge in [-0.2, -0.15) is 0 Å². The first-order valence-electron chi connectivity index (χ1n) is 9.72. The van der Waals surface area contributed by atoms with Crippen molar-refractivity contribution in [2.45, 2.75) is 44.6 Å². The Morgan fingerprint density at radius 2 is 2.04 bits per heavy atom. The first kappa shape index (κ1) is 17.6. The number of carbonyl (C=O) groups excluding carboxylic acids is 1. The number of aromatic nitrogens is 2. The van der Waals surface area contributed by atoms with Crippen LogP contribution in [0.25, 0.3) is 10.2 Å².